The molecule has 0 aliphatic carbocycles. The average molecular weight is 451 g/mol. The van der Waals surface area contributed by atoms with Gasteiger partial charge in [-0.3, -0.25) is 14.5 Å². The molecular formula is C27H34N2O4. The number of nitrogens with zero attached hydrogens (tertiary/aromatic N) is 1. The summed E-state index contributed by atoms with van der Waals surface area (Å²) >= 11 is 0. The quantitative estimate of drug-likeness (QED) is 0.376. The van der Waals surface area contributed by atoms with E-state index in [0.29, 0.717) is 48.9 Å². The van der Waals surface area contributed by atoms with Crippen LogP contribution in [0.1, 0.15) is 58.1 Å². The first-order chi connectivity index (χ1) is 15.8. The van der Waals surface area contributed by atoms with Crippen molar-refractivity contribution in [3.8, 4) is 5.75 Å². The normalized spacial score (nSPS) is 14.1. The SMILES string of the molecule is CCOCCCN1C(=O)C(Nc2ccc(C(C)C)cc2)=C(c2ccc(OC(C)C)cc2)C1=O. The highest BCUT2D eigenvalue weighted by atomic mass is 16.5. The van der Waals surface area contributed by atoms with Crippen molar-refractivity contribution in [1.29, 1.82) is 0 Å². The number of anilines is 1. The van der Waals surface area contributed by atoms with Crippen molar-refractivity contribution in [1.82, 2.24) is 4.90 Å². The molecule has 176 valence electrons. The Morgan fingerprint density at radius 1 is 0.909 bits per heavy atom. The lowest BCUT2D eigenvalue weighted by atomic mass is 10.0. The van der Waals surface area contributed by atoms with Crippen molar-refractivity contribution in [3.05, 3.63) is 65.4 Å². The number of ether oxygens (including phenoxy) is 2. The molecule has 0 saturated heterocycles. The maximum atomic E-state index is 13.3. The molecule has 0 aromatic heterocycles. The number of nitrogens with one attached hydrogen (secondary N) is 1. The molecule has 6 heteroatoms. The van der Waals surface area contributed by atoms with Gasteiger partial charge in [0.2, 0.25) is 0 Å². The van der Waals surface area contributed by atoms with Crippen LogP contribution in [0.25, 0.3) is 5.57 Å². The average Bonchev–Trinajstić information content (AvgIpc) is 3.01. The Morgan fingerprint density at radius 3 is 2.15 bits per heavy atom. The van der Waals surface area contributed by atoms with E-state index in [1.54, 1.807) is 0 Å². The van der Waals surface area contributed by atoms with E-state index in [2.05, 4.69) is 19.2 Å². The first-order valence-electron chi connectivity index (χ1n) is 11.6. The molecule has 3 rings (SSSR count). The summed E-state index contributed by atoms with van der Waals surface area (Å²) in [5.74, 6) is 0.520. The zero-order valence-corrected chi connectivity index (χ0v) is 20.2. The standard InChI is InChI=1S/C27H34N2O4/c1-6-32-17-7-16-29-26(30)24(21-10-14-23(15-11-21)33-19(4)5)25(27(29)31)28-22-12-8-20(9-13-22)18(2)3/h8-15,18-19,28H,6-7,16-17H2,1-5H3. The fraction of sp³-hybridized carbons (Fsp3) is 0.407. The van der Waals surface area contributed by atoms with Crippen molar-refractivity contribution in [3.63, 3.8) is 0 Å². The van der Waals surface area contributed by atoms with Crippen LogP contribution in [0.5, 0.6) is 5.75 Å². The maximum Gasteiger partial charge on any atom is 0.278 e. The highest BCUT2D eigenvalue weighted by molar-refractivity contribution is 6.36. The Balaban J connectivity index is 1.91. The lowest BCUT2D eigenvalue weighted by molar-refractivity contribution is -0.137. The molecule has 0 saturated carbocycles. The molecule has 1 N–H and O–H groups in total. The predicted molar refractivity (Wildman–Crippen MR) is 131 cm³/mol. The fourth-order valence-electron chi connectivity index (χ4n) is 3.70. The van der Waals surface area contributed by atoms with Crippen molar-refractivity contribution >= 4 is 23.1 Å². The van der Waals surface area contributed by atoms with Crippen molar-refractivity contribution < 1.29 is 19.1 Å². The molecule has 33 heavy (non-hydrogen) atoms. The third-order valence-electron chi connectivity index (χ3n) is 5.40. The monoisotopic (exact) mass is 450 g/mol. The molecule has 1 aliphatic rings. The minimum atomic E-state index is -0.318. The van der Waals surface area contributed by atoms with Gasteiger partial charge in [-0.2, -0.15) is 0 Å². The summed E-state index contributed by atoms with van der Waals surface area (Å²) in [5.41, 5.74) is 3.33. The first kappa shape index (κ1) is 24.5. The zero-order valence-electron chi connectivity index (χ0n) is 20.2. The zero-order chi connectivity index (χ0) is 24.0. The summed E-state index contributed by atoms with van der Waals surface area (Å²) in [5, 5.41) is 3.22. The highest BCUT2D eigenvalue weighted by Crippen LogP contribution is 2.32. The van der Waals surface area contributed by atoms with Gasteiger partial charge in [-0.05, 0) is 68.5 Å². The number of hydrogen-bond donors (Lipinski definition) is 1. The maximum absolute atomic E-state index is 13.3. The second-order valence-electron chi connectivity index (χ2n) is 8.66. The van der Waals surface area contributed by atoms with Crippen LogP contribution in [-0.4, -0.2) is 42.6 Å². The number of imide groups is 1. The molecule has 1 aliphatic heterocycles. The third-order valence-corrected chi connectivity index (χ3v) is 5.40. The minimum Gasteiger partial charge on any atom is -0.491 e. The fourth-order valence-corrected chi connectivity index (χ4v) is 3.70. The second-order valence-corrected chi connectivity index (χ2v) is 8.66. The van der Waals surface area contributed by atoms with Gasteiger partial charge in [-0.25, -0.2) is 0 Å². The van der Waals surface area contributed by atoms with Gasteiger partial charge >= 0.3 is 0 Å². The molecular weight excluding hydrogens is 416 g/mol. The van der Waals surface area contributed by atoms with E-state index in [1.165, 1.54) is 10.5 Å². The van der Waals surface area contributed by atoms with Crippen LogP contribution >= 0.6 is 0 Å². The summed E-state index contributed by atoms with van der Waals surface area (Å²) in [6.45, 7) is 11.5. The van der Waals surface area contributed by atoms with Gasteiger partial charge < -0.3 is 14.8 Å². The molecule has 0 unspecified atom stereocenters. The molecule has 1 heterocycles. The molecule has 2 aromatic carbocycles. The summed E-state index contributed by atoms with van der Waals surface area (Å²) in [6.07, 6.45) is 0.646. The van der Waals surface area contributed by atoms with Crippen LogP contribution in [0.3, 0.4) is 0 Å². The topological polar surface area (TPSA) is 67.9 Å². The van der Waals surface area contributed by atoms with Gasteiger partial charge in [0, 0.05) is 25.4 Å². The molecule has 0 fully saturated rings. The minimum absolute atomic E-state index is 0.0524. The molecule has 0 bridgehead atoms. The number of benzene rings is 2. The van der Waals surface area contributed by atoms with Gasteiger partial charge in [0.1, 0.15) is 11.4 Å². The largest absolute Gasteiger partial charge is 0.491 e. The van der Waals surface area contributed by atoms with E-state index < -0.39 is 0 Å². The van der Waals surface area contributed by atoms with Gasteiger partial charge in [0.05, 0.1) is 11.7 Å². The molecule has 6 nitrogen and oxygen atoms in total. The molecule has 0 spiro atoms. The van der Waals surface area contributed by atoms with Gasteiger partial charge in [0.15, 0.2) is 0 Å². The number of hydrogen-bond acceptors (Lipinski definition) is 5. The molecule has 2 amide bonds. The van der Waals surface area contributed by atoms with Gasteiger partial charge in [0.25, 0.3) is 11.8 Å². The lowest BCUT2D eigenvalue weighted by Crippen LogP contribution is -2.34. The Labute approximate surface area is 196 Å². The van der Waals surface area contributed by atoms with E-state index >= 15 is 0 Å². The smallest absolute Gasteiger partial charge is 0.278 e. The van der Waals surface area contributed by atoms with E-state index in [9.17, 15) is 9.59 Å². The Bertz CT molecular complexity index is 992. The number of carbonyl (C=O) groups excluding carboxylic acids is 2. The van der Waals surface area contributed by atoms with Crippen molar-refractivity contribution in [2.24, 2.45) is 0 Å². The van der Waals surface area contributed by atoms with Crippen LogP contribution in [0.4, 0.5) is 5.69 Å². The summed E-state index contributed by atoms with van der Waals surface area (Å²) in [6, 6.07) is 15.2. The predicted octanol–water partition coefficient (Wildman–Crippen LogP) is 5.22. The summed E-state index contributed by atoms with van der Waals surface area (Å²) < 4.78 is 11.1. The lowest BCUT2D eigenvalue weighted by Gasteiger charge is -2.15. The van der Waals surface area contributed by atoms with E-state index in [4.69, 9.17) is 9.47 Å². The number of rotatable bonds is 11. The van der Waals surface area contributed by atoms with Crippen LogP contribution in [0.2, 0.25) is 0 Å². The van der Waals surface area contributed by atoms with Gasteiger partial charge in [-0.1, -0.05) is 38.1 Å². The van der Waals surface area contributed by atoms with Crippen LogP contribution in [0, 0.1) is 0 Å². The molecule has 2 aromatic rings. The van der Waals surface area contributed by atoms with E-state index in [1.807, 2.05) is 69.3 Å². The van der Waals surface area contributed by atoms with Crippen molar-refractivity contribution in [2.75, 3.05) is 25.1 Å². The number of carbonyl (C=O) groups is 2. The van der Waals surface area contributed by atoms with Crippen LogP contribution < -0.4 is 10.1 Å². The number of amides is 2. The highest BCUT2D eigenvalue weighted by Gasteiger charge is 2.38. The van der Waals surface area contributed by atoms with E-state index in [-0.39, 0.29) is 17.9 Å². The van der Waals surface area contributed by atoms with Gasteiger partial charge in [-0.15, -0.1) is 0 Å². The van der Waals surface area contributed by atoms with Crippen LogP contribution in [-0.2, 0) is 14.3 Å². The Kier molecular flexibility index (Phi) is 8.28. The first-order valence-corrected chi connectivity index (χ1v) is 11.6. The van der Waals surface area contributed by atoms with E-state index in [0.717, 1.165) is 11.4 Å². The van der Waals surface area contributed by atoms with Crippen molar-refractivity contribution in [2.45, 2.75) is 53.1 Å². The summed E-state index contributed by atoms with van der Waals surface area (Å²) in [4.78, 5) is 27.9. The third kappa shape index (κ3) is 6.02. The Morgan fingerprint density at radius 2 is 1.58 bits per heavy atom. The molecule has 0 atom stereocenters. The second kappa shape index (κ2) is 11.1. The summed E-state index contributed by atoms with van der Waals surface area (Å²) in [7, 11) is 0. The van der Waals surface area contributed by atoms with Crippen LogP contribution in [0.15, 0.2) is 54.2 Å². The molecule has 0 radical (unpaired) electrons. The Hall–Kier alpha value is -3.12.